The maximum Gasteiger partial charge on any atom is 0.631 e. The average molecular weight is 140 g/mol. The van der Waals surface area contributed by atoms with Crippen LogP contribution in [0.4, 0.5) is 0 Å². The topological polar surface area (TPSA) is 69.9 Å². The molecule has 0 amide bonds. The molecule has 0 radical (unpaired) electrons. The summed E-state index contributed by atoms with van der Waals surface area (Å²) >= 11 is 0. The van der Waals surface area contributed by atoms with Crippen molar-refractivity contribution in [1.82, 2.24) is 0 Å². The van der Waals surface area contributed by atoms with Crippen molar-refractivity contribution in [2.45, 2.75) is 0 Å². The summed E-state index contributed by atoms with van der Waals surface area (Å²) in [5.41, 5.74) is 0. The third-order valence-electron chi connectivity index (χ3n) is 0. The van der Waals surface area contributed by atoms with E-state index in [4.69, 9.17) is 15.1 Å². The molecule has 0 rings (SSSR count). The first-order valence-electron chi connectivity index (χ1n) is 1.59. The van der Waals surface area contributed by atoms with Gasteiger partial charge in [0.2, 0.25) is 0 Å². The molecule has 0 fully saturated rings. The fourth-order valence-electron chi connectivity index (χ4n) is 0. The zero-order valence-corrected chi connectivity index (χ0v) is 8.33. The van der Waals surface area contributed by atoms with Gasteiger partial charge in [0.15, 0.2) is 0 Å². The van der Waals surface area contributed by atoms with Gasteiger partial charge in [0.1, 0.15) is 21.0 Å². The van der Waals surface area contributed by atoms with Crippen molar-refractivity contribution in [3.05, 3.63) is 0 Å². The van der Waals surface area contributed by atoms with E-state index < -0.39 is 7.32 Å². The summed E-state index contributed by atoms with van der Waals surface area (Å²) in [6, 6.07) is 0. The molecule has 0 saturated carbocycles. The third kappa shape index (κ3) is 1040. The maximum atomic E-state index is 7.17. The highest BCUT2D eigenvalue weighted by Gasteiger charge is 1.92. The van der Waals surface area contributed by atoms with Crippen LogP contribution in [0.15, 0.2) is 0 Å². The zero-order valence-electron chi connectivity index (χ0n) is 4.33. The van der Waals surface area contributed by atoms with Crippen molar-refractivity contribution < 1.29 is 19.2 Å². The van der Waals surface area contributed by atoms with E-state index in [0.717, 1.165) is 21.0 Å². The molecule has 0 aromatic rings. The lowest BCUT2D eigenvalue weighted by molar-refractivity contribution is 0.278. The van der Waals surface area contributed by atoms with Gasteiger partial charge in [0, 0.05) is 0 Å². The first-order chi connectivity index (χ1) is 3.15. The molecule has 7 heteroatoms. The summed E-state index contributed by atoms with van der Waals surface area (Å²) in [6.07, 6.45) is 0. The van der Waals surface area contributed by atoms with Gasteiger partial charge in [-0.15, -0.1) is 0 Å². The molecule has 0 aromatic carbocycles. The van der Waals surface area contributed by atoms with Crippen molar-refractivity contribution in [3.8, 4) is 0 Å². The molecule has 0 heterocycles. The van der Waals surface area contributed by atoms with Gasteiger partial charge in [0.25, 0.3) is 0 Å². The van der Waals surface area contributed by atoms with Crippen LogP contribution < -0.4 is 0 Å². The monoisotopic (exact) mass is 140 g/mol. The minimum absolute atomic E-state index is 0.931. The lowest BCUT2D eigenvalue weighted by Crippen LogP contribution is -2.07. The Bertz CT molecular complexity index is 20.9. The number of hydrogen-bond donors (Lipinski definition) is 3. The van der Waals surface area contributed by atoms with Crippen molar-refractivity contribution in [2.24, 2.45) is 0 Å². The zero-order chi connectivity index (χ0) is 6.28. The van der Waals surface area contributed by atoms with E-state index in [9.17, 15) is 0 Å². The van der Waals surface area contributed by atoms with Crippen LogP contribution in [0.2, 0.25) is 0 Å². The van der Waals surface area contributed by atoms with Crippen LogP contribution >= 0.6 is 0 Å². The van der Waals surface area contributed by atoms with Gasteiger partial charge in [-0.2, -0.15) is 0 Å². The third-order valence-corrected chi connectivity index (χ3v) is 0. The smallest absolute Gasteiger partial charge is 0.471 e. The van der Waals surface area contributed by atoms with Crippen molar-refractivity contribution in [2.75, 3.05) is 0 Å². The SMILES string of the molecule is OB(O)O.[SiH3]O[SiH3]. The van der Waals surface area contributed by atoms with Gasteiger partial charge in [-0.1, -0.05) is 0 Å². The number of hydrogen-bond acceptors (Lipinski definition) is 4. The lowest BCUT2D eigenvalue weighted by Gasteiger charge is -1.69. The summed E-state index contributed by atoms with van der Waals surface area (Å²) in [5.74, 6) is 0. The molecule has 0 bridgehead atoms. The molecule has 3 N–H and O–H groups in total. The molecule has 4 nitrogen and oxygen atoms in total. The molecule has 0 unspecified atom stereocenters. The van der Waals surface area contributed by atoms with E-state index in [0.29, 0.717) is 0 Å². The Hall–Kier alpha value is 0.339. The summed E-state index contributed by atoms with van der Waals surface area (Å²) < 4.78 is 4.53. The van der Waals surface area contributed by atoms with Crippen LogP contribution in [-0.2, 0) is 4.12 Å². The Balaban J connectivity index is 0. The maximum absolute atomic E-state index is 7.17. The van der Waals surface area contributed by atoms with E-state index in [1.54, 1.807) is 0 Å². The minimum atomic E-state index is -2.17. The molecule has 0 aliphatic carbocycles. The van der Waals surface area contributed by atoms with Crippen LogP contribution in [0, 0.1) is 0 Å². The normalized spacial score (nSPS) is 7.29. The first kappa shape index (κ1) is 10.3. The van der Waals surface area contributed by atoms with E-state index in [-0.39, 0.29) is 0 Å². The Morgan fingerprint density at radius 1 is 1.14 bits per heavy atom. The molecule has 0 saturated heterocycles. The fourth-order valence-corrected chi connectivity index (χ4v) is 0. The highest BCUT2D eigenvalue weighted by atomic mass is 28.3. The summed E-state index contributed by atoms with van der Waals surface area (Å²) in [6.45, 7) is 0. The second-order valence-corrected chi connectivity index (χ2v) is 4.02. The van der Waals surface area contributed by atoms with Gasteiger partial charge in [-0.3, -0.25) is 0 Å². The average Bonchev–Trinajstić information content (AvgIpc) is 1.33. The van der Waals surface area contributed by atoms with Crippen molar-refractivity contribution in [1.29, 1.82) is 0 Å². The summed E-state index contributed by atoms with van der Waals surface area (Å²) in [4.78, 5) is 0. The molecule has 44 valence electrons. The molecule has 0 atom stereocenters. The standard InChI is InChI=1S/BH3O3.H6OSi2/c2-1(3)4;2-1-3/h2-4H;2-3H3. The molecule has 0 aliphatic heterocycles. The highest BCUT2D eigenvalue weighted by Crippen LogP contribution is 1.40. The molecule has 0 aromatic heterocycles. The van der Waals surface area contributed by atoms with Crippen molar-refractivity contribution in [3.63, 3.8) is 0 Å². The predicted octanol–water partition coefficient (Wildman–Crippen LogP) is -4.49. The lowest BCUT2D eigenvalue weighted by atomic mass is 10.3. The quantitative estimate of drug-likeness (QED) is 0.297. The number of rotatable bonds is 0. The Morgan fingerprint density at radius 3 is 1.14 bits per heavy atom. The minimum Gasteiger partial charge on any atom is -0.471 e. The van der Waals surface area contributed by atoms with Gasteiger partial charge in [-0.05, 0) is 0 Å². The second-order valence-electron chi connectivity index (χ2n) is 0.755. The van der Waals surface area contributed by atoms with Gasteiger partial charge >= 0.3 is 7.32 Å². The molecule has 0 spiro atoms. The molecular formula is H9BO4Si2. The van der Waals surface area contributed by atoms with Gasteiger partial charge in [-0.25, -0.2) is 0 Å². The van der Waals surface area contributed by atoms with Gasteiger partial charge in [0.05, 0.1) is 0 Å². The largest absolute Gasteiger partial charge is 0.631 e. The van der Waals surface area contributed by atoms with E-state index >= 15 is 0 Å². The van der Waals surface area contributed by atoms with E-state index in [1.807, 2.05) is 0 Å². The summed E-state index contributed by atoms with van der Waals surface area (Å²) in [5, 5.41) is 21.5. The van der Waals surface area contributed by atoms with Crippen LogP contribution in [0.1, 0.15) is 0 Å². The van der Waals surface area contributed by atoms with Crippen LogP contribution in [0.5, 0.6) is 0 Å². The highest BCUT2D eigenvalue weighted by molar-refractivity contribution is 6.30. The van der Waals surface area contributed by atoms with E-state index in [1.165, 1.54) is 0 Å². The molecular weight excluding hydrogens is 131 g/mol. The Kier molecular flexibility index (Phi) is 14.2. The Morgan fingerprint density at radius 2 is 1.14 bits per heavy atom. The summed E-state index contributed by atoms with van der Waals surface area (Å²) in [7, 11) is -0.306. The second kappa shape index (κ2) is 9.60. The first-order valence-corrected chi connectivity index (χ1v) is 3.22. The van der Waals surface area contributed by atoms with Crippen LogP contribution in [0.25, 0.3) is 0 Å². The van der Waals surface area contributed by atoms with Crippen molar-refractivity contribution >= 4 is 28.3 Å². The van der Waals surface area contributed by atoms with Crippen LogP contribution in [-0.4, -0.2) is 43.4 Å². The fraction of sp³-hybridized carbons (Fsp3) is 0. The molecule has 0 aliphatic rings. The van der Waals surface area contributed by atoms with E-state index in [2.05, 4.69) is 4.12 Å². The molecule has 7 heavy (non-hydrogen) atoms. The Labute approximate surface area is 48.4 Å². The van der Waals surface area contributed by atoms with Gasteiger partial charge < -0.3 is 19.2 Å². The van der Waals surface area contributed by atoms with Crippen LogP contribution in [0.3, 0.4) is 0 Å². The predicted molar refractivity (Wildman–Crippen MR) is 33.4 cm³/mol.